The zero-order valence-corrected chi connectivity index (χ0v) is 21.5. The first-order chi connectivity index (χ1) is 18.4. The first-order valence-electron chi connectivity index (χ1n) is 13.0. The van der Waals surface area contributed by atoms with Crippen molar-refractivity contribution in [1.29, 1.82) is 0 Å². The highest BCUT2D eigenvalue weighted by molar-refractivity contribution is 5.98. The molecule has 2 heterocycles. The van der Waals surface area contributed by atoms with E-state index >= 15 is 0 Å². The molecule has 1 aliphatic rings. The van der Waals surface area contributed by atoms with Crippen molar-refractivity contribution >= 4 is 28.6 Å². The van der Waals surface area contributed by atoms with E-state index in [0.717, 1.165) is 54.1 Å². The van der Waals surface area contributed by atoms with Crippen molar-refractivity contribution in [3.63, 3.8) is 0 Å². The van der Waals surface area contributed by atoms with Crippen LogP contribution in [0.3, 0.4) is 0 Å². The number of piperidine rings is 1. The molecule has 0 spiro atoms. The molecule has 0 amide bonds. The second-order valence-electron chi connectivity index (χ2n) is 9.87. The van der Waals surface area contributed by atoms with Gasteiger partial charge in [0.1, 0.15) is 5.69 Å². The lowest BCUT2D eigenvalue weighted by Gasteiger charge is -2.31. The van der Waals surface area contributed by atoms with Crippen LogP contribution in [0.4, 0.5) is 17.1 Å². The summed E-state index contributed by atoms with van der Waals surface area (Å²) in [5.74, 6) is 0.122. The molecule has 2 N–H and O–H groups in total. The topological polar surface area (TPSA) is 87.5 Å². The maximum Gasteiger partial charge on any atom is 0.185 e. The predicted octanol–water partition coefficient (Wildman–Crippen LogP) is 4.98. The summed E-state index contributed by atoms with van der Waals surface area (Å²) in [6.45, 7) is 1.68. The Bertz CT molecular complexity index is 1380. The third-order valence-corrected chi connectivity index (χ3v) is 7.05. The molecule has 1 aliphatic heterocycles. The van der Waals surface area contributed by atoms with Crippen LogP contribution in [0.2, 0.25) is 0 Å². The standard InChI is InChI=1S/C31H32N4O3/c1-34-21-32-20-29(34)31(38)19-23-4-10-26(11-5-23)33-25-8-2-22(3-9-25)18-30(37)24-6-12-27(13-7-24)35-16-14-28(36)15-17-35/h2-13,20-21,28,33,36H,14-19H2,1H3. The van der Waals surface area contributed by atoms with Crippen LogP contribution in [0.1, 0.15) is 44.8 Å². The fourth-order valence-electron chi connectivity index (χ4n) is 4.75. The number of benzene rings is 3. The fraction of sp³-hybridized carbons (Fsp3) is 0.258. The fourth-order valence-corrected chi connectivity index (χ4v) is 4.75. The molecule has 7 nitrogen and oxygen atoms in total. The van der Waals surface area contributed by atoms with Gasteiger partial charge in [-0.15, -0.1) is 0 Å². The van der Waals surface area contributed by atoms with Crippen molar-refractivity contribution in [2.24, 2.45) is 7.05 Å². The van der Waals surface area contributed by atoms with E-state index in [1.54, 1.807) is 17.1 Å². The summed E-state index contributed by atoms with van der Waals surface area (Å²) in [6.07, 6.45) is 5.25. The van der Waals surface area contributed by atoms with Crippen molar-refractivity contribution in [3.8, 4) is 0 Å². The van der Waals surface area contributed by atoms with Crippen LogP contribution < -0.4 is 10.2 Å². The van der Waals surface area contributed by atoms with Crippen molar-refractivity contribution in [1.82, 2.24) is 9.55 Å². The van der Waals surface area contributed by atoms with Gasteiger partial charge in [-0.1, -0.05) is 24.3 Å². The second-order valence-corrected chi connectivity index (χ2v) is 9.87. The summed E-state index contributed by atoms with van der Waals surface area (Å²) >= 11 is 0. The highest BCUT2D eigenvalue weighted by Crippen LogP contribution is 2.22. The second kappa shape index (κ2) is 11.4. The Kier molecular flexibility index (Phi) is 7.65. The van der Waals surface area contributed by atoms with E-state index < -0.39 is 0 Å². The average Bonchev–Trinajstić information content (AvgIpc) is 3.37. The molecule has 1 fully saturated rings. The number of hydrogen-bond donors (Lipinski definition) is 2. The van der Waals surface area contributed by atoms with E-state index in [-0.39, 0.29) is 17.7 Å². The summed E-state index contributed by atoms with van der Waals surface area (Å²) in [5.41, 5.74) is 6.15. The van der Waals surface area contributed by atoms with Gasteiger partial charge < -0.3 is 19.9 Å². The summed E-state index contributed by atoms with van der Waals surface area (Å²) in [7, 11) is 1.82. The molecule has 1 aromatic heterocycles. The number of ketones is 2. The SMILES string of the molecule is Cn1cncc1C(=O)Cc1ccc(Nc2ccc(CC(=O)c3ccc(N4CCC(O)CC4)cc3)cc2)cc1. The molecule has 1 saturated heterocycles. The van der Waals surface area contributed by atoms with Gasteiger partial charge in [-0.25, -0.2) is 4.98 Å². The molecular weight excluding hydrogens is 476 g/mol. The number of nitrogens with zero attached hydrogens (tertiary/aromatic N) is 3. The molecule has 5 rings (SSSR count). The van der Waals surface area contributed by atoms with Crippen LogP contribution >= 0.6 is 0 Å². The van der Waals surface area contributed by atoms with Crippen molar-refractivity contribution in [2.45, 2.75) is 31.8 Å². The number of anilines is 3. The Morgan fingerprint density at radius 2 is 1.39 bits per heavy atom. The number of aromatic nitrogens is 2. The van der Waals surface area contributed by atoms with Crippen molar-refractivity contribution in [3.05, 3.63) is 108 Å². The number of nitrogens with one attached hydrogen (secondary N) is 1. The Morgan fingerprint density at radius 3 is 1.92 bits per heavy atom. The molecule has 38 heavy (non-hydrogen) atoms. The average molecular weight is 509 g/mol. The Balaban J connectivity index is 1.13. The number of carbonyl (C=O) groups excluding carboxylic acids is 2. The molecule has 3 aromatic carbocycles. The van der Waals surface area contributed by atoms with E-state index in [2.05, 4.69) is 15.2 Å². The zero-order valence-electron chi connectivity index (χ0n) is 21.5. The lowest BCUT2D eigenvalue weighted by Crippen LogP contribution is -2.35. The number of hydrogen-bond acceptors (Lipinski definition) is 6. The van der Waals surface area contributed by atoms with Gasteiger partial charge in [0, 0.05) is 55.6 Å². The quantitative estimate of drug-likeness (QED) is 0.310. The van der Waals surface area contributed by atoms with Crippen LogP contribution in [-0.4, -0.2) is 45.4 Å². The number of Topliss-reactive ketones (excluding diaryl/α,β-unsaturated/α-hetero) is 2. The highest BCUT2D eigenvalue weighted by atomic mass is 16.3. The van der Waals surface area contributed by atoms with Crippen LogP contribution in [0.25, 0.3) is 0 Å². The van der Waals surface area contributed by atoms with E-state index in [1.165, 1.54) is 0 Å². The predicted molar refractivity (Wildman–Crippen MR) is 149 cm³/mol. The maximum atomic E-state index is 12.8. The summed E-state index contributed by atoms with van der Waals surface area (Å²) < 4.78 is 1.73. The zero-order chi connectivity index (χ0) is 26.5. The summed E-state index contributed by atoms with van der Waals surface area (Å²) in [4.78, 5) is 31.5. The largest absolute Gasteiger partial charge is 0.393 e. The number of imidazole rings is 1. The molecular formula is C31H32N4O3. The third-order valence-electron chi connectivity index (χ3n) is 7.05. The molecule has 4 aromatic rings. The number of aliphatic hydroxyl groups is 1. The minimum atomic E-state index is -0.200. The van der Waals surface area contributed by atoms with Gasteiger partial charge in [-0.2, -0.15) is 0 Å². The van der Waals surface area contributed by atoms with Gasteiger partial charge in [-0.3, -0.25) is 9.59 Å². The van der Waals surface area contributed by atoms with Gasteiger partial charge in [0.15, 0.2) is 11.6 Å². The van der Waals surface area contributed by atoms with Crippen LogP contribution in [0.15, 0.2) is 85.3 Å². The smallest absolute Gasteiger partial charge is 0.185 e. The maximum absolute atomic E-state index is 12.8. The van der Waals surface area contributed by atoms with Gasteiger partial charge >= 0.3 is 0 Å². The molecule has 0 bridgehead atoms. The Labute approximate surface area is 222 Å². The Hall–Kier alpha value is -4.23. The summed E-state index contributed by atoms with van der Waals surface area (Å²) in [6, 6.07) is 23.5. The van der Waals surface area contributed by atoms with Crippen molar-refractivity contribution < 1.29 is 14.7 Å². The molecule has 194 valence electrons. The molecule has 0 unspecified atom stereocenters. The first-order valence-corrected chi connectivity index (χ1v) is 13.0. The van der Waals surface area contributed by atoms with Gasteiger partial charge in [0.25, 0.3) is 0 Å². The van der Waals surface area contributed by atoms with E-state index in [0.29, 0.717) is 24.1 Å². The molecule has 0 saturated carbocycles. The number of aryl methyl sites for hydroxylation is 1. The molecule has 0 radical (unpaired) electrons. The lowest BCUT2D eigenvalue weighted by molar-refractivity contribution is 0.0980. The molecule has 7 heteroatoms. The highest BCUT2D eigenvalue weighted by Gasteiger charge is 2.17. The van der Waals surface area contributed by atoms with Crippen molar-refractivity contribution in [2.75, 3.05) is 23.3 Å². The minimum absolute atomic E-state index is 0.0366. The van der Waals surface area contributed by atoms with E-state index in [4.69, 9.17) is 0 Å². The lowest BCUT2D eigenvalue weighted by atomic mass is 10.0. The van der Waals surface area contributed by atoms with Crippen LogP contribution in [-0.2, 0) is 19.9 Å². The minimum Gasteiger partial charge on any atom is -0.393 e. The third kappa shape index (κ3) is 6.18. The molecule has 0 aliphatic carbocycles. The van der Waals surface area contributed by atoms with Gasteiger partial charge in [-0.05, 0) is 72.5 Å². The van der Waals surface area contributed by atoms with Gasteiger partial charge in [0.2, 0.25) is 0 Å². The van der Waals surface area contributed by atoms with Crippen LogP contribution in [0.5, 0.6) is 0 Å². The molecule has 0 atom stereocenters. The summed E-state index contributed by atoms with van der Waals surface area (Å²) in [5, 5.41) is 13.1. The van der Waals surface area contributed by atoms with E-state index in [9.17, 15) is 14.7 Å². The number of rotatable bonds is 9. The monoisotopic (exact) mass is 508 g/mol. The number of aliphatic hydroxyl groups excluding tert-OH is 1. The number of carbonyl (C=O) groups is 2. The normalized spacial score (nSPS) is 13.9. The first kappa shape index (κ1) is 25.4. The Morgan fingerprint density at radius 1 is 0.842 bits per heavy atom. The van der Waals surface area contributed by atoms with E-state index in [1.807, 2.05) is 79.8 Å². The van der Waals surface area contributed by atoms with Crippen LogP contribution in [0, 0.1) is 0 Å². The van der Waals surface area contributed by atoms with Gasteiger partial charge in [0.05, 0.1) is 18.6 Å².